The Bertz CT molecular complexity index is 565. The van der Waals surface area contributed by atoms with Crippen molar-refractivity contribution in [2.75, 3.05) is 6.54 Å². The van der Waals surface area contributed by atoms with E-state index in [1.165, 1.54) is 0 Å². The van der Waals surface area contributed by atoms with Gasteiger partial charge >= 0.3 is 0 Å². The van der Waals surface area contributed by atoms with Gasteiger partial charge in [-0.3, -0.25) is 9.78 Å². The second-order valence-corrected chi connectivity index (χ2v) is 4.27. The van der Waals surface area contributed by atoms with E-state index >= 15 is 0 Å². The number of nitrogens with zero attached hydrogens (tertiary/aromatic N) is 5. The minimum atomic E-state index is -0.0405. The van der Waals surface area contributed by atoms with E-state index in [0.29, 0.717) is 13.1 Å². The van der Waals surface area contributed by atoms with E-state index in [-0.39, 0.29) is 6.04 Å². The third-order valence-electron chi connectivity index (χ3n) is 3.26. The molecule has 0 fully saturated rings. The molecule has 0 N–H and O–H groups in total. The number of hydrogen-bond acceptors (Lipinski definition) is 4. The lowest BCUT2D eigenvalue weighted by Gasteiger charge is -2.30. The molecule has 2 aromatic heterocycles. The fourth-order valence-electron chi connectivity index (χ4n) is 2.23. The molecule has 0 spiro atoms. The second kappa shape index (κ2) is 4.21. The molecule has 3 heterocycles. The lowest BCUT2D eigenvalue weighted by Crippen LogP contribution is -2.36. The van der Waals surface area contributed by atoms with Gasteiger partial charge in [-0.15, -0.1) is 10.2 Å². The number of rotatable bonds is 2. The molecular weight excluding hydrogens is 230 g/mol. The first kappa shape index (κ1) is 10.9. The van der Waals surface area contributed by atoms with Crippen molar-refractivity contribution >= 4 is 6.41 Å². The predicted molar refractivity (Wildman–Crippen MR) is 64.4 cm³/mol. The van der Waals surface area contributed by atoms with Gasteiger partial charge in [0.25, 0.3) is 0 Å². The number of carbonyl (C=O) groups is 1. The van der Waals surface area contributed by atoms with Crippen LogP contribution in [0.1, 0.15) is 18.8 Å². The van der Waals surface area contributed by atoms with Crippen molar-refractivity contribution in [1.82, 2.24) is 24.6 Å². The summed E-state index contributed by atoms with van der Waals surface area (Å²) in [6.45, 7) is 3.34. The van der Waals surface area contributed by atoms with Crippen molar-refractivity contribution in [1.29, 1.82) is 0 Å². The van der Waals surface area contributed by atoms with Crippen molar-refractivity contribution in [2.45, 2.75) is 19.5 Å². The van der Waals surface area contributed by atoms with Crippen LogP contribution in [0.3, 0.4) is 0 Å². The van der Waals surface area contributed by atoms with Crippen molar-refractivity contribution < 1.29 is 4.79 Å². The van der Waals surface area contributed by atoms with Crippen LogP contribution in [0.4, 0.5) is 0 Å². The Morgan fingerprint density at radius 1 is 1.33 bits per heavy atom. The summed E-state index contributed by atoms with van der Waals surface area (Å²) in [6.07, 6.45) is 2.60. The quantitative estimate of drug-likeness (QED) is 0.734. The first-order valence-electron chi connectivity index (χ1n) is 5.87. The summed E-state index contributed by atoms with van der Waals surface area (Å²) in [5, 5.41) is 8.38. The van der Waals surface area contributed by atoms with E-state index in [0.717, 1.165) is 23.8 Å². The number of hydrogen-bond donors (Lipinski definition) is 0. The lowest BCUT2D eigenvalue weighted by atomic mass is 10.2. The van der Waals surface area contributed by atoms with Gasteiger partial charge in [0.15, 0.2) is 11.6 Å². The minimum Gasteiger partial charge on any atom is -0.333 e. The molecule has 0 bridgehead atoms. The molecule has 0 aliphatic carbocycles. The Kier molecular flexibility index (Phi) is 2.55. The van der Waals surface area contributed by atoms with Gasteiger partial charge in [-0.05, 0) is 19.1 Å². The van der Waals surface area contributed by atoms with E-state index < -0.39 is 0 Å². The predicted octanol–water partition coefficient (Wildman–Crippen LogP) is 0.873. The standard InChI is InChI=1S/C12H13N5O/c1-9-11-14-15-12(10-4-2-3-5-13-10)17(11)7-6-16(9)8-18/h2-5,8-9H,6-7H2,1H3. The van der Waals surface area contributed by atoms with Gasteiger partial charge in [-0.2, -0.15) is 0 Å². The molecule has 1 atom stereocenters. The van der Waals surface area contributed by atoms with Crippen LogP contribution in [0.2, 0.25) is 0 Å². The molecular formula is C12H13N5O. The molecule has 92 valence electrons. The van der Waals surface area contributed by atoms with E-state index in [1.54, 1.807) is 11.1 Å². The van der Waals surface area contributed by atoms with Crippen LogP contribution in [0.25, 0.3) is 11.5 Å². The Morgan fingerprint density at radius 2 is 2.22 bits per heavy atom. The zero-order valence-corrected chi connectivity index (χ0v) is 10.0. The highest BCUT2D eigenvalue weighted by Gasteiger charge is 2.27. The van der Waals surface area contributed by atoms with Gasteiger partial charge in [0.2, 0.25) is 6.41 Å². The fourth-order valence-corrected chi connectivity index (χ4v) is 2.23. The number of carbonyl (C=O) groups excluding carboxylic acids is 1. The number of pyridine rings is 1. The van der Waals surface area contributed by atoms with Gasteiger partial charge in [0, 0.05) is 19.3 Å². The van der Waals surface area contributed by atoms with Crippen molar-refractivity contribution in [3.63, 3.8) is 0 Å². The van der Waals surface area contributed by atoms with Crippen molar-refractivity contribution in [3.8, 4) is 11.5 Å². The van der Waals surface area contributed by atoms with Gasteiger partial charge in [0.1, 0.15) is 5.69 Å². The third kappa shape index (κ3) is 1.57. The normalized spacial score (nSPS) is 18.5. The molecule has 1 amide bonds. The largest absolute Gasteiger partial charge is 0.333 e. The first-order chi connectivity index (χ1) is 8.81. The van der Waals surface area contributed by atoms with Crippen LogP contribution in [-0.2, 0) is 11.3 Å². The highest BCUT2D eigenvalue weighted by atomic mass is 16.1. The Hall–Kier alpha value is -2.24. The lowest BCUT2D eigenvalue weighted by molar-refractivity contribution is -0.121. The average molecular weight is 243 g/mol. The molecule has 3 rings (SSSR count). The van der Waals surface area contributed by atoms with Crippen molar-refractivity contribution in [2.24, 2.45) is 0 Å². The number of amides is 1. The summed E-state index contributed by atoms with van der Waals surface area (Å²) in [4.78, 5) is 16.9. The van der Waals surface area contributed by atoms with Gasteiger partial charge in [-0.25, -0.2) is 0 Å². The fraction of sp³-hybridized carbons (Fsp3) is 0.333. The van der Waals surface area contributed by atoms with E-state index in [9.17, 15) is 4.79 Å². The zero-order chi connectivity index (χ0) is 12.5. The Morgan fingerprint density at radius 3 is 2.94 bits per heavy atom. The maximum atomic E-state index is 10.9. The summed E-state index contributed by atoms with van der Waals surface area (Å²) in [5.41, 5.74) is 0.808. The van der Waals surface area contributed by atoms with Gasteiger partial charge in [0.05, 0.1) is 6.04 Å². The zero-order valence-electron chi connectivity index (χ0n) is 10.0. The molecule has 0 aromatic carbocycles. The summed E-state index contributed by atoms with van der Waals surface area (Å²) in [6, 6.07) is 5.66. The maximum Gasteiger partial charge on any atom is 0.210 e. The monoisotopic (exact) mass is 243 g/mol. The average Bonchev–Trinajstić information content (AvgIpc) is 2.85. The summed E-state index contributed by atoms with van der Waals surface area (Å²) in [5.74, 6) is 1.58. The first-order valence-corrected chi connectivity index (χ1v) is 5.87. The Labute approximate surface area is 104 Å². The van der Waals surface area contributed by atoms with Crippen LogP contribution < -0.4 is 0 Å². The molecule has 6 nitrogen and oxygen atoms in total. The van der Waals surface area contributed by atoms with E-state index in [4.69, 9.17) is 0 Å². The minimum absolute atomic E-state index is 0.0405. The molecule has 1 unspecified atom stereocenters. The third-order valence-corrected chi connectivity index (χ3v) is 3.26. The summed E-state index contributed by atoms with van der Waals surface area (Å²) in [7, 11) is 0. The molecule has 0 radical (unpaired) electrons. The number of fused-ring (bicyclic) bond motifs is 1. The highest BCUT2D eigenvalue weighted by molar-refractivity contribution is 5.51. The van der Waals surface area contributed by atoms with E-state index in [2.05, 4.69) is 15.2 Å². The topological polar surface area (TPSA) is 63.9 Å². The highest BCUT2D eigenvalue weighted by Crippen LogP contribution is 2.26. The SMILES string of the molecule is CC1c2nnc(-c3ccccn3)n2CCN1C=O. The van der Waals surface area contributed by atoms with Gasteiger partial charge in [-0.1, -0.05) is 6.07 Å². The van der Waals surface area contributed by atoms with Gasteiger partial charge < -0.3 is 9.47 Å². The summed E-state index contributed by atoms with van der Waals surface area (Å²) >= 11 is 0. The smallest absolute Gasteiger partial charge is 0.210 e. The molecule has 1 aliphatic rings. The molecule has 2 aromatic rings. The molecule has 6 heteroatoms. The van der Waals surface area contributed by atoms with Crippen LogP contribution in [0.5, 0.6) is 0 Å². The molecule has 18 heavy (non-hydrogen) atoms. The van der Waals surface area contributed by atoms with Crippen LogP contribution in [-0.4, -0.2) is 37.6 Å². The van der Waals surface area contributed by atoms with Crippen LogP contribution in [0, 0.1) is 0 Å². The number of aromatic nitrogens is 4. The molecule has 1 aliphatic heterocycles. The van der Waals surface area contributed by atoms with E-state index in [1.807, 2.05) is 29.7 Å². The van der Waals surface area contributed by atoms with Crippen LogP contribution in [0.15, 0.2) is 24.4 Å². The molecule has 0 saturated carbocycles. The Balaban J connectivity index is 2.05. The van der Waals surface area contributed by atoms with Crippen LogP contribution >= 0.6 is 0 Å². The van der Waals surface area contributed by atoms with Crippen molar-refractivity contribution in [3.05, 3.63) is 30.2 Å². The maximum absolute atomic E-state index is 10.9. The molecule has 0 saturated heterocycles. The summed E-state index contributed by atoms with van der Waals surface area (Å²) < 4.78 is 2.03. The second-order valence-electron chi connectivity index (χ2n) is 4.27.